The maximum absolute atomic E-state index is 11.7. The van der Waals surface area contributed by atoms with Crippen LogP contribution in [0, 0.1) is 0 Å². The minimum absolute atomic E-state index is 0.153. The molecule has 2 fully saturated rings. The summed E-state index contributed by atoms with van der Waals surface area (Å²) < 4.78 is 7.28. The molecule has 1 amide bonds. The second kappa shape index (κ2) is 6.35. The third kappa shape index (κ3) is 3.19. The number of hydrogen-bond donors (Lipinski definition) is 1. The van der Waals surface area contributed by atoms with Crippen LogP contribution in [-0.2, 0) is 6.54 Å². The first-order valence-electron chi connectivity index (χ1n) is 8.55. The molecule has 1 aliphatic heterocycles. The maximum Gasteiger partial charge on any atom is 0.271 e. The van der Waals surface area contributed by atoms with E-state index in [1.54, 1.807) is 13.1 Å². The number of aromatic nitrogens is 4. The van der Waals surface area contributed by atoms with Gasteiger partial charge in [-0.05, 0) is 38.3 Å². The van der Waals surface area contributed by atoms with Gasteiger partial charge in [0.05, 0.1) is 12.6 Å². The van der Waals surface area contributed by atoms with E-state index in [0.29, 0.717) is 24.0 Å². The van der Waals surface area contributed by atoms with Crippen LogP contribution in [0.15, 0.2) is 16.8 Å². The fraction of sp³-hybridized carbons (Fsp3) is 0.625. The summed E-state index contributed by atoms with van der Waals surface area (Å²) >= 11 is 0. The summed E-state index contributed by atoms with van der Waals surface area (Å²) in [6.07, 6.45) is 6.39. The van der Waals surface area contributed by atoms with Crippen LogP contribution < -0.4 is 5.32 Å². The molecule has 8 nitrogen and oxygen atoms in total. The minimum atomic E-state index is -0.153. The van der Waals surface area contributed by atoms with Crippen molar-refractivity contribution in [3.05, 3.63) is 29.7 Å². The Morgan fingerprint density at radius 2 is 2.29 bits per heavy atom. The molecule has 0 radical (unpaired) electrons. The SMILES string of the molecule is CNC(=O)c1ccn(C2CCCN(Cc3nc(C4CC4)no3)C2)n1. The second-order valence-corrected chi connectivity index (χ2v) is 6.61. The lowest BCUT2D eigenvalue weighted by Crippen LogP contribution is -2.36. The molecule has 1 unspecified atom stereocenters. The molecule has 24 heavy (non-hydrogen) atoms. The molecule has 128 valence electrons. The molecule has 0 bridgehead atoms. The lowest BCUT2D eigenvalue weighted by molar-refractivity contribution is 0.0955. The quantitative estimate of drug-likeness (QED) is 0.890. The first-order chi connectivity index (χ1) is 11.7. The van der Waals surface area contributed by atoms with Crippen LogP contribution in [-0.4, -0.2) is 50.9 Å². The van der Waals surface area contributed by atoms with Crippen LogP contribution in [0.2, 0.25) is 0 Å². The van der Waals surface area contributed by atoms with Gasteiger partial charge in [0.25, 0.3) is 5.91 Å². The average molecular weight is 330 g/mol. The number of likely N-dealkylation sites (tertiary alicyclic amines) is 1. The Labute approximate surface area is 140 Å². The van der Waals surface area contributed by atoms with E-state index in [9.17, 15) is 4.79 Å². The molecule has 1 N–H and O–H groups in total. The van der Waals surface area contributed by atoms with E-state index in [0.717, 1.165) is 31.8 Å². The standard InChI is InChI=1S/C16H22N6O2/c1-17-16(23)13-6-8-22(19-13)12-3-2-7-21(9-12)10-14-18-15(20-24-14)11-4-5-11/h6,8,11-12H,2-5,7,9-10H2,1H3,(H,17,23). The Balaban J connectivity index is 1.39. The van der Waals surface area contributed by atoms with Gasteiger partial charge in [0.2, 0.25) is 5.89 Å². The number of carbonyl (C=O) groups excluding carboxylic acids is 1. The average Bonchev–Trinajstić information content (AvgIpc) is 3.15. The van der Waals surface area contributed by atoms with E-state index in [4.69, 9.17) is 4.52 Å². The Bertz CT molecular complexity index is 720. The maximum atomic E-state index is 11.7. The van der Waals surface area contributed by atoms with Crippen LogP contribution in [0.3, 0.4) is 0 Å². The fourth-order valence-electron chi connectivity index (χ4n) is 3.21. The summed E-state index contributed by atoms with van der Waals surface area (Å²) in [5.41, 5.74) is 0.459. The van der Waals surface area contributed by atoms with E-state index in [-0.39, 0.29) is 11.9 Å². The summed E-state index contributed by atoms with van der Waals surface area (Å²) in [6, 6.07) is 2.03. The Hall–Kier alpha value is -2.22. The first-order valence-corrected chi connectivity index (χ1v) is 8.55. The highest BCUT2D eigenvalue weighted by Crippen LogP contribution is 2.38. The summed E-state index contributed by atoms with van der Waals surface area (Å²) in [5.74, 6) is 1.92. The van der Waals surface area contributed by atoms with Crippen molar-refractivity contribution in [2.75, 3.05) is 20.1 Å². The van der Waals surface area contributed by atoms with Gasteiger partial charge < -0.3 is 9.84 Å². The van der Waals surface area contributed by atoms with E-state index < -0.39 is 0 Å². The summed E-state index contributed by atoms with van der Waals surface area (Å²) in [4.78, 5) is 18.5. The van der Waals surface area contributed by atoms with E-state index >= 15 is 0 Å². The lowest BCUT2D eigenvalue weighted by Gasteiger charge is -2.31. The molecular formula is C16H22N6O2. The van der Waals surface area contributed by atoms with Gasteiger partial charge in [-0.1, -0.05) is 5.16 Å². The molecule has 0 aromatic carbocycles. The molecule has 4 rings (SSSR count). The zero-order chi connectivity index (χ0) is 16.5. The fourth-order valence-corrected chi connectivity index (χ4v) is 3.21. The highest BCUT2D eigenvalue weighted by Gasteiger charge is 2.29. The smallest absolute Gasteiger partial charge is 0.271 e. The molecule has 0 spiro atoms. The van der Waals surface area contributed by atoms with Gasteiger partial charge in [0, 0.05) is 25.7 Å². The lowest BCUT2D eigenvalue weighted by atomic mass is 10.1. The predicted molar refractivity (Wildman–Crippen MR) is 85.4 cm³/mol. The molecule has 8 heteroatoms. The molecule has 2 aliphatic rings. The molecule has 1 saturated heterocycles. The normalized spacial score (nSPS) is 21.8. The van der Waals surface area contributed by atoms with Gasteiger partial charge in [0.15, 0.2) is 5.82 Å². The monoisotopic (exact) mass is 330 g/mol. The van der Waals surface area contributed by atoms with Crippen LogP contribution in [0.5, 0.6) is 0 Å². The van der Waals surface area contributed by atoms with Crippen molar-refractivity contribution < 1.29 is 9.32 Å². The number of amides is 1. The number of rotatable bonds is 5. The van der Waals surface area contributed by atoms with Crippen molar-refractivity contribution >= 4 is 5.91 Å². The van der Waals surface area contributed by atoms with Crippen LogP contribution >= 0.6 is 0 Å². The van der Waals surface area contributed by atoms with Gasteiger partial charge >= 0.3 is 0 Å². The Kier molecular flexibility index (Phi) is 4.05. The van der Waals surface area contributed by atoms with E-state index in [2.05, 4.69) is 25.5 Å². The zero-order valence-corrected chi connectivity index (χ0v) is 13.8. The largest absolute Gasteiger partial charge is 0.354 e. The highest BCUT2D eigenvalue weighted by molar-refractivity contribution is 5.91. The van der Waals surface area contributed by atoms with Gasteiger partial charge in [-0.25, -0.2) is 0 Å². The van der Waals surface area contributed by atoms with Crippen molar-refractivity contribution in [1.82, 2.24) is 30.1 Å². The van der Waals surface area contributed by atoms with Crippen molar-refractivity contribution in [3.8, 4) is 0 Å². The highest BCUT2D eigenvalue weighted by atomic mass is 16.5. The third-order valence-electron chi connectivity index (χ3n) is 4.71. The number of nitrogens with one attached hydrogen (secondary N) is 1. The second-order valence-electron chi connectivity index (χ2n) is 6.61. The molecule has 2 aromatic heterocycles. The summed E-state index contributed by atoms with van der Waals surface area (Å²) in [5, 5.41) is 11.1. The number of piperidine rings is 1. The Morgan fingerprint density at radius 3 is 3.08 bits per heavy atom. The van der Waals surface area contributed by atoms with Crippen molar-refractivity contribution in [2.24, 2.45) is 0 Å². The summed E-state index contributed by atoms with van der Waals surface area (Å²) in [6.45, 7) is 2.57. The summed E-state index contributed by atoms with van der Waals surface area (Å²) in [7, 11) is 1.62. The Morgan fingerprint density at radius 1 is 1.42 bits per heavy atom. The molecule has 1 atom stereocenters. The van der Waals surface area contributed by atoms with E-state index in [1.807, 2.05) is 10.9 Å². The third-order valence-corrected chi connectivity index (χ3v) is 4.71. The van der Waals surface area contributed by atoms with Crippen LogP contribution in [0.25, 0.3) is 0 Å². The molecular weight excluding hydrogens is 308 g/mol. The van der Waals surface area contributed by atoms with Gasteiger partial charge in [-0.3, -0.25) is 14.4 Å². The molecule has 1 aliphatic carbocycles. The topological polar surface area (TPSA) is 89.1 Å². The van der Waals surface area contributed by atoms with Crippen molar-refractivity contribution in [2.45, 2.75) is 44.2 Å². The van der Waals surface area contributed by atoms with Gasteiger partial charge in [-0.2, -0.15) is 10.1 Å². The number of carbonyl (C=O) groups is 1. The van der Waals surface area contributed by atoms with Crippen LogP contribution in [0.1, 0.15) is 59.8 Å². The zero-order valence-electron chi connectivity index (χ0n) is 13.8. The van der Waals surface area contributed by atoms with Gasteiger partial charge in [0.1, 0.15) is 5.69 Å². The molecule has 1 saturated carbocycles. The predicted octanol–water partition coefficient (Wildman–Crippen LogP) is 1.34. The number of hydrogen-bond acceptors (Lipinski definition) is 6. The molecule has 2 aromatic rings. The number of nitrogens with zero attached hydrogens (tertiary/aromatic N) is 5. The van der Waals surface area contributed by atoms with Crippen LogP contribution in [0.4, 0.5) is 0 Å². The first kappa shape index (κ1) is 15.3. The van der Waals surface area contributed by atoms with Gasteiger partial charge in [-0.15, -0.1) is 0 Å². The molecule has 3 heterocycles. The van der Waals surface area contributed by atoms with E-state index in [1.165, 1.54) is 12.8 Å². The minimum Gasteiger partial charge on any atom is -0.354 e. The van der Waals surface area contributed by atoms with Crippen molar-refractivity contribution in [3.63, 3.8) is 0 Å². The van der Waals surface area contributed by atoms with Crippen molar-refractivity contribution in [1.29, 1.82) is 0 Å².